The number of nitrogens with two attached hydrogens (primary N) is 1. The van der Waals surface area contributed by atoms with Gasteiger partial charge in [-0.15, -0.1) is 0 Å². The van der Waals surface area contributed by atoms with Crippen molar-refractivity contribution in [3.05, 3.63) is 12.2 Å². The van der Waals surface area contributed by atoms with E-state index in [0.717, 1.165) is 6.42 Å². The minimum absolute atomic E-state index is 0.245. The summed E-state index contributed by atoms with van der Waals surface area (Å²) in [4.78, 5) is 9.98. The Morgan fingerprint density at radius 1 is 1.50 bits per heavy atom. The standard InChI is InChI=1S/C7H13NO2/c8-6-4-2-1-3-5-7(9)10/h2,4H,1,3,5-6,8H2,(H,9,10)/b4-2-. The molecule has 0 aliphatic carbocycles. The maximum absolute atomic E-state index is 9.98. The number of carbonyl (C=O) groups is 1. The van der Waals surface area contributed by atoms with Gasteiger partial charge in [0.25, 0.3) is 0 Å². The van der Waals surface area contributed by atoms with Gasteiger partial charge in [-0.2, -0.15) is 0 Å². The molecule has 0 unspecified atom stereocenters. The van der Waals surface area contributed by atoms with E-state index in [0.29, 0.717) is 13.0 Å². The molecule has 0 aromatic rings. The zero-order valence-corrected chi connectivity index (χ0v) is 5.92. The molecular weight excluding hydrogens is 130 g/mol. The van der Waals surface area contributed by atoms with Crippen molar-refractivity contribution in [2.75, 3.05) is 6.54 Å². The number of hydrogen-bond acceptors (Lipinski definition) is 2. The van der Waals surface area contributed by atoms with Gasteiger partial charge in [0.05, 0.1) is 0 Å². The van der Waals surface area contributed by atoms with Crippen LogP contribution in [0.25, 0.3) is 0 Å². The molecule has 0 saturated heterocycles. The number of rotatable bonds is 5. The fourth-order valence-corrected chi connectivity index (χ4v) is 0.585. The lowest BCUT2D eigenvalue weighted by Gasteiger charge is -1.89. The smallest absolute Gasteiger partial charge is 0.303 e. The van der Waals surface area contributed by atoms with E-state index >= 15 is 0 Å². The molecule has 0 heterocycles. The van der Waals surface area contributed by atoms with Crippen LogP contribution in [-0.2, 0) is 4.79 Å². The van der Waals surface area contributed by atoms with Crippen LogP contribution in [0.2, 0.25) is 0 Å². The second-order valence-corrected chi connectivity index (χ2v) is 1.99. The Kier molecular flexibility index (Phi) is 5.77. The SMILES string of the molecule is NC/C=C\CCCC(=O)O. The van der Waals surface area contributed by atoms with Crippen molar-refractivity contribution >= 4 is 5.97 Å². The van der Waals surface area contributed by atoms with E-state index in [2.05, 4.69) is 0 Å². The molecule has 10 heavy (non-hydrogen) atoms. The number of unbranched alkanes of at least 4 members (excludes halogenated alkanes) is 1. The second kappa shape index (κ2) is 6.29. The molecule has 0 spiro atoms. The van der Waals surface area contributed by atoms with Gasteiger partial charge in [0, 0.05) is 13.0 Å². The van der Waals surface area contributed by atoms with Gasteiger partial charge in [0.2, 0.25) is 0 Å². The Labute approximate surface area is 60.5 Å². The summed E-state index contributed by atoms with van der Waals surface area (Å²) in [7, 11) is 0. The van der Waals surface area contributed by atoms with Crippen molar-refractivity contribution in [3.8, 4) is 0 Å². The molecule has 0 rings (SSSR count). The fourth-order valence-electron chi connectivity index (χ4n) is 0.585. The van der Waals surface area contributed by atoms with E-state index in [1.54, 1.807) is 0 Å². The highest BCUT2D eigenvalue weighted by Crippen LogP contribution is 1.95. The minimum Gasteiger partial charge on any atom is -0.481 e. The maximum Gasteiger partial charge on any atom is 0.303 e. The number of allylic oxidation sites excluding steroid dienone is 1. The first kappa shape index (κ1) is 9.17. The van der Waals surface area contributed by atoms with Crippen LogP contribution in [0.15, 0.2) is 12.2 Å². The lowest BCUT2D eigenvalue weighted by molar-refractivity contribution is -0.137. The molecule has 0 bridgehead atoms. The van der Waals surface area contributed by atoms with Crippen molar-refractivity contribution in [2.24, 2.45) is 5.73 Å². The second-order valence-electron chi connectivity index (χ2n) is 1.99. The predicted molar refractivity (Wildman–Crippen MR) is 39.7 cm³/mol. The molecule has 0 aliphatic rings. The third-order valence-corrected chi connectivity index (χ3v) is 1.06. The van der Waals surface area contributed by atoms with E-state index in [9.17, 15) is 4.79 Å². The van der Waals surface area contributed by atoms with Crippen molar-refractivity contribution in [2.45, 2.75) is 19.3 Å². The van der Waals surface area contributed by atoms with Gasteiger partial charge >= 0.3 is 5.97 Å². The van der Waals surface area contributed by atoms with Crippen LogP contribution in [0.1, 0.15) is 19.3 Å². The van der Waals surface area contributed by atoms with Crippen molar-refractivity contribution in [3.63, 3.8) is 0 Å². The number of aliphatic carboxylic acids is 1. The summed E-state index contributed by atoms with van der Waals surface area (Å²) in [5.41, 5.74) is 5.17. The van der Waals surface area contributed by atoms with Crippen molar-refractivity contribution in [1.29, 1.82) is 0 Å². The predicted octanol–water partition coefficient (Wildman–Crippen LogP) is 0.756. The van der Waals surface area contributed by atoms with Crippen molar-refractivity contribution < 1.29 is 9.90 Å². The van der Waals surface area contributed by atoms with Gasteiger partial charge in [0.1, 0.15) is 0 Å². The number of carboxylic acids is 1. The largest absolute Gasteiger partial charge is 0.481 e. The monoisotopic (exact) mass is 143 g/mol. The van der Waals surface area contributed by atoms with Crippen LogP contribution in [0.4, 0.5) is 0 Å². The highest BCUT2D eigenvalue weighted by atomic mass is 16.4. The normalized spacial score (nSPS) is 10.5. The average Bonchev–Trinajstić information content (AvgIpc) is 1.87. The van der Waals surface area contributed by atoms with E-state index in [-0.39, 0.29) is 6.42 Å². The summed E-state index contributed by atoms with van der Waals surface area (Å²) >= 11 is 0. The summed E-state index contributed by atoms with van der Waals surface area (Å²) in [6.45, 7) is 0.535. The van der Waals surface area contributed by atoms with E-state index in [1.807, 2.05) is 12.2 Å². The van der Waals surface area contributed by atoms with Gasteiger partial charge < -0.3 is 10.8 Å². The maximum atomic E-state index is 9.98. The average molecular weight is 143 g/mol. The van der Waals surface area contributed by atoms with Crippen LogP contribution in [-0.4, -0.2) is 17.6 Å². The van der Waals surface area contributed by atoms with Gasteiger partial charge in [-0.05, 0) is 12.8 Å². The summed E-state index contributed by atoms with van der Waals surface area (Å²) in [6, 6.07) is 0. The molecule has 0 saturated carbocycles. The van der Waals surface area contributed by atoms with Gasteiger partial charge in [-0.1, -0.05) is 12.2 Å². The highest BCUT2D eigenvalue weighted by Gasteiger charge is 1.92. The Morgan fingerprint density at radius 3 is 2.70 bits per heavy atom. The zero-order chi connectivity index (χ0) is 7.82. The number of hydrogen-bond donors (Lipinski definition) is 2. The molecule has 0 aliphatic heterocycles. The Hall–Kier alpha value is -0.830. The Balaban J connectivity index is 3.05. The van der Waals surface area contributed by atoms with Gasteiger partial charge in [-0.3, -0.25) is 4.79 Å². The van der Waals surface area contributed by atoms with Crippen LogP contribution in [0, 0.1) is 0 Å². The molecule has 3 heteroatoms. The molecule has 0 atom stereocenters. The molecule has 0 aromatic carbocycles. The van der Waals surface area contributed by atoms with E-state index < -0.39 is 5.97 Å². The minimum atomic E-state index is -0.735. The summed E-state index contributed by atoms with van der Waals surface area (Å²) in [5, 5.41) is 8.22. The van der Waals surface area contributed by atoms with E-state index in [1.165, 1.54) is 0 Å². The Morgan fingerprint density at radius 2 is 2.20 bits per heavy atom. The van der Waals surface area contributed by atoms with Crippen LogP contribution in [0.3, 0.4) is 0 Å². The molecule has 0 amide bonds. The van der Waals surface area contributed by atoms with E-state index in [4.69, 9.17) is 10.8 Å². The third kappa shape index (κ3) is 7.17. The zero-order valence-electron chi connectivity index (χ0n) is 5.92. The first-order valence-electron chi connectivity index (χ1n) is 3.34. The molecule has 0 radical (unpaired) electrons. The highest BCUT2D eigenvalue weighted by molar-refractivity contribution is 5.66. The van der Waals surface area contributed by atoms with Crippen LogP contribution < -0.4 is 5.73 Å². The lowest BCUT2D eigenvalue weighted by atomic mass is 10.2. The summed E-state index contributed by atoms with van der Waals surface area (Å²) < 4.78 is 0. The lowest BCUT2D eigenvalue weighted by Crippen LogP contribution is -1.94. The summed E-state index contributed by atoms with van der Waals surface area (Å²) in [6.07, 6.45) is 5.50. The molecule has 3 nitrogen and oxygen atoms in total. The fraction of sp³-hybridized carbons (Fsp3) is 0.571. The Bertz CT molecular complexity index is 121. The quantitative estimate of drug-likeness (QED) is 0.441. The van der Waals surface area contributed by atoms with Crippen molar-refractivity contribution in [1.82, 2.24) is 0 Å². The molecule has 58 valence electrons. The summed E-state index contributed by atoms with van der Waals surface area (Å²) in [5.74, 6) is -0.735. The number of carboxylic acid groups (broad SMARTS) is 1. The first-order valence-corrected chi connectivity index (χ1v) is 3.34. The molecule has 3 N–H and O–H groups in total. The topological polar surface area (TPSA) is 63.3 Å². The molecule has 0 aromatic heterocycles. The molecule has 0 fully saturated rings. The van der Waals surface area contributed by atoms with Gasteiger partial charge in [0.15, 0.2) is 0 Å². The van der Waals surface area contributed by atoms with Gasteiger partial charge in [-0.25, -0.2) is 0 Å². The van der Waals surface area contributed by atoms with Crippen LogP contribution >= 0.6 is 0 Å². The molecular formula is C7H13NO2. The third-order valence-electron chi connectivity index (χ3n) is 1.06. The first-order chi connectivity index (χ1) is 4.77. The van der Waals surface area contributed by atoms with Crippen LogP contribution in [0.5, 0.6) is 0 Å².